The largest absolute Gasteiger partial charge is 0.489 e. The van der Waals surface area contributed by atoms with E-state index in [9.17, 15) is 0 Å². The SMILES string of the molecule is Cc1ccc(OCc2ccc(C(=N)N)cc2C)cc1C. The zero-order valence-corrected chi connectivity index (χ0v) is 12.2. The van der Waals surface area contributed by atoms with Crippen molar-refractivity contribution in [2.24, 2.45) is 5.73 Å². The monoisotopic (exact) mass is 268 g/mol. The molecule has 0 aliphatic heterocycles. The quantitative estimate of drug-likeness (QED) is 0.659. The van der Waals surface area contributed by atoms with E-state index in [4.69, 9.17) is 15.9 Å². The second kappa shape index (κ2) is 5.78. The number of aryl methyl sites for hydroxylation is 3. The first-order valence-electron chi connectivity index (χ1n) is 6.61. The van der Waals surface area contributed by atoms with Gasteiger partial charge in [-0.05, 0) is 61.2 Å². The summed E-state index contributed by atoms with van der Waals surface area (Å²) < 4.78 is 5.82. The molecule has 2 aromatic rings. The van der Waals surface area contributed by atoms with Crippen molar-refractivity contribution < 1.29 is 4.74 Å². The molecular formula is C17H20N2O. The average Bonchev–Trinajstić information content (AvgIpc) is 2.41. The second-order valence-corrected chi connectivity index (χ2v) is 5.09. The Morgan fingerprint density at radius 2 is 1.75 bits per heavy atom. The summed E-state index contributed by atoms with van der Waals surface area (Å²) in [6.45, 7) is 6.69. The van der Waals surface area contributed by atoms with Crippen LogP contribution in [-0.4, -0.2) is 5.84 Å². The van der Waals surface area contributed by atoms with Crippen molar-refractivity contribution >= 4 is 5.84 Å². The number of ether oxygens (including phenoxy) is 1. The van der Waals surface area contributed by atoms with Gasteiger partial charge in [0.15, 0.2) is 0 Å². The highest BCUT2D eigenvalue weighted by atomic mass is 16.5. The van der Waals surface area contributed by atoms with Crippen LogP contribution in [-0.2, 0) is 6.61 Å². The fourth-order valence-corrected chi connectivity index (χ4v) is 1.99. The highest BCUT2D eigenvalue weighted by molar-refractivity contribution is 5.95. The number of nitrogen functional groups attached to an aromatic ring is 1. The fourth-order valence-electron chi connectivity index (χ4n) is 1.99. The van der Waals surface area contributed by atoms with Gasteiger partial charge in [-0.15, -0.1) is 0 Å². The van der Waals surface area contributed by atoms with Crippen molar-refractivity contribution in [1.29, 1.82) is 5.41 Å². The van der Waals surface area contributed by atoms with E-state index in [0.29, 0.717) is 6.61 Å². The molecule has 0 atom stereocenters. The molecule has 0 fully saturated rings. The third kappa shape index (κ3) is 3.18. The van der Waals surface area contributed by atoms with Crippen LogP contribution in [0.1, 0.15) is 27.8 Å². The zero-order chi connectivity index (χ0) is 14.7. The van der Waals surface area contributed by atoms with Gasteiger partial charge >= 0.3 is 0 Å². The summed E-state index contributed by atoms with van der Waals surface area (Å²) in [6.07, 6.45) is 0. The van der Waals surface area contributed by atoms with E-state index in [0.717, 1.165) is 22.4 Å². The molecule has 0 amide bonds. The van der Waals surface area contributed by atoms with Crippen LogP contribution >= 0.6 is 0 Å². The molecule has 20 heavy (non-hydrogen) atoms. The molecule has 3 nitrogen and oxygen atoms in total. The maximum Gasteiger partial charge on any atom is 0.122 e. The van der Waals surface area contributed by atoms with Crippen LogP contribution in [0.15, 0.2) is 36.4 Å². The van der Waals surface area contributed by atoms with Crippen molar-refractivity contribution in [2.45, 2.75) is 27.4 Å². The number of benzene rings is 2. The van der Waals surface area contributed by atoms with Crippen molar-refractivity contribution in [3.8, 4) is 5.75 Å². The number of hydrogen-bond donors (Lipinski definition) is 2. The molecule has 3 heteroatoms. The summed E-state index contributed by atoms with van der Waals surface area (Å²) in [5, 5.41) is 7.43. The van der Waals surface area contributed by atoms with Gasteiger partial charge in [-0.3, -0.25) is 5.41 Å². The average molecular weight is 268 g/mol. The Bertz CT molecular complexity index is 647. The van der Waals surface area contributed by atoms with E-state index in [2.05, 4.69) is 26.0 Å². The summed E-state index contributed by atoms with van der Waals surface area (Å²) >= 11 is 0. The highest BCUT2D eigenvalue weighted by Crippen LogP contribution is 2.19. The van der Waals surface area contributed by atoms with E-state index < -0.39 is 0 Å². The standard InChI is InChI=1S/C17H20N2O/c1-11-4-7-16(9-12(11)2)20-10-15-6-5-14(17(18)19)8-13(15)3/h4-9H,10H2,1-3H3,(H3,18,19). The Balaban J connectivity index is 2.10. The van der Waals surface area contributed by atoms with Gasteiger partial charge in [-0.2, -0.15) is 0 Å². The number of hydrogen-bond acceptors (Lipinski definition) is 2. The molecule has 0 saturated heterocycles. The maximum atomic E-state index is 7.43. The van der Waals surface area contributed by atoms with Crippen LogP contribution in [0.25, 0.3) is 0 Å². The molecule has 0 unspecified atom stereocenters. The van der Waals surface area contributed by atoms with Gasteiger partial charge in [0.25, 0.3) is 0 Å². The van der Waals surface area contributed by atoms with Crippen LogP contribution in [0, 0.1) is 26.2 Å². The summed E-state index contributed by atoms with van der Waals surface area (Å²) in [7, 11) is 0. The van der Waals surface area contributed by atoms with E-state index >= 15 is 0 Å². The highest BCUT2D eigenvalue weighted by Gasteiger charge is 2.04. The fraction of sp³-hybridized carbons (Fsp3) is 0.235. The van der Waals surface area contributed by atoms with Gasteiger partial charge in [0, 0.05) is 5.56 Å². The molecule has 0 aliphatic carbocycles. The van der Waals surface area contributed by atoms with E-state index in [-0.39, 0.29) is 5.84 Å². The second-order valence-electron chi connectivity index (χ2n) is 5.09. The topological polar surface area (TPSA) is 59.1 Å². The van der Waals surface area contributed by atoms with E-state index in [1.54, 1.807) is 0 Å². The van der Waals surface area contributed by atoms with Gasteiger partial charge in [0.05, 0.1) is 0 Å². The molecule has 3 N–H and O–H groups in total. The summed E-state index contributed by atoms with van der Waals surface area (Å²) in [6, 6.07) is 11.8. The molecule has 0 heterocycles. The van der Waals surface area contributed by atoms with Crippen LogP contribution < -0.4 is 10.5 Å². The zero-order valence-electron chi connectivity index (χ0n) is 12.2. The first-order valence-corrected chi connectivity index (χ1v) is 6.61. The maximum absolute atomic E-state index is 7.43. The lowest BCUT2D eigenvalue weighted by Gasteiger charge is -2.11. The Kier molecular flexibility index (Phi) is 4.08. The molecule has 0 aliphatic rings. The minimum Gasteiger partial charge on any atom is -0.489 e. The minimum atomic E-state index is 0.0923. The number of rotatable bonds is 4. The van der Waals surface area contributed by atoms with Gasteiger partial charge in [0.2, 0.25) is 0 Å². The van der Waals surface area contributed by atoms with Crippen molar-refractivity contribution in [1.82, 2.24) is 0 Å². The van der Waals surface area contributed by atoms with Crippen LogP contribution in [0.4, 0.5) is 0 Å². The minimum absolute atomic E-state index is 0.0923. The summed E-state index contributed by atoms with van der Waals surface area (Å²) in [4.78, 5) is 0. The lowest BCUT2D eigenvalue weighted by Crippen LogP contribution is -2.11. The van der Waals surface area contributed by atoms with Crippen LogP contribution in [0.2, 0.25) is 0 Å². The molecule has 0 aromatic heterocycles. The number of nitrogens with one attached hydrogen (secondary N) is 1. The molecule has 0 spiro atoms. The first-order chi connectivity index (χ1) is 9.47. The van der Waals surface area contributed by atoms with Gasteiger partial charge in [-0.25, -0.2) is 0 Å². The Labute approximate surface area is 119 Å². The first kappa shape index (κ1) is 14.1. The molecule has 2 aromatic carbocycles. The molecule has 2 rings (SSSR count). The number of nitrogens with two attached hydrogens (primary N) is 1. The predicted molar refractivity (Wildman–Crippen MR) is 82.4 cm³/mol. The summed E-state index contributed by atoms with van der Waals surface area (Å²) in [5.41, 5.74) is 10.9. The molecule has 104 valence electrons. The Morgan fingerprint density at radius 1 is 1.00 bits per heavy atom. The lowest BCUT2D eigenvalue weighted by atomic mass is 10.1. The Hall–Kier alpha value is -2.29. The predicted octanol–water partition coefficient (Wildman–Crippen LogP) is 3.47. The molecule has 0 bridgehead atoms. The normalized spacial score (nSPS) is 10.3. The van der Waals surface area contributed by atoms with Crippen LogP contribution in [0.3, 0.4) is 0 Å². The van der Waals surface area contributed by atoms with Crippen molar-refractivity contribution in [2.75, 3.05) is 0 Å². The van der Waals surface area contributed by atoms with Gasteiger partial charge in [-0.1, -0.05) is 18.2 Å². The molecule has 0 saturated carbocycles. The van der Waals surface area contributed by atoms with Crippen molar-refractivity contribution in [3.63, 3.8) is 0 Å². The lowest BCUT2D eigenvalue weighted by molar-refractivity contribution is 0.305. The van der Waals surface area contributed by atoms with Gasteiger partial charge < -0.3 is 10.5 Å². The van der Waals surface area contributed by atoms with E-state index in [1.165, 1.54) is 11.1 Å². The third-order valence-corrected chi connectivity index (χ3v) is 3.53. The molecule has 0 radical (unpaired) electrons. The third-order valence-electron chi connectivity index (χ3n) is 3.53. The molecular weight excluding hydrogens is 248 g/mol. The summed E-state index contributed by atoms with van der Waals surface area (Å²) in [5.74, 6) is 0.970. The van der Waals surface area contributed by atoms with E-state index in [1.807, 2.05) is 31.2 Å². The van der Waals surface area contributed by atoms with Crippen LogP contribution in [0.5, 0.6) is 5.75 Å². The Morgan fingerprint density at radius 3 is 2.35 bits per heavy atom. The van der Waals surface area contributed by atoms with Gasteiger partial charge in [0.1, 0.15) is 18.2 Å². The van der Waals surface area contributed by atoms with Crippen molar-refractivity contribution in [3.05, 3.63) is 64.2 Å². The number of amidine groups is 1. The smallest absolute Gasteiger partial charge is 0.122 e.